The van der Waals surface area contributed by atoms with E-state index in [1.54, 1.807) is 4.31 Å². The molecule has 146 valence electrons. The molecule has 0 aromatic heterocycles. The van der Waals surface area contributed by atoms with E-state index >= 15 is 0 Å². The van der Waals surface area contributed by atoms with Crippen molar-refractivity contribution in [3.8, 4) is 0 Å². The number of hydrogen-bond acceptors (Lipinski definition) is 4. The highest BCUT2D eigenvalue weighted by atomic mass is 32.2. The Balaban J connectivity index is 1.69. The Labute approximate surface area is 152 Å². The first kappa shape index (κ1) is 20.6. The highest BCUT2D eigenvalue weighted by molar-refractivity contribution is 7.89. The molecule has 0 radical (unpaired) electrons. The Morgan fingerprint density at radius 3 is 2.60 bits per heavy atom. The number of carbonyl (C=O) groups is 1. The number of ether oxygens (including phenoxy) is 1. The molecule has 0 aliphatic carbocycles. The van der Waals surface area contributed by atoms with Crippen LogP contribution in [-0.4, -0.2) is 56.2 Å². The van der Waals surface area contributed by atoms with Gasteiger partial charge in [-0.15, -0.1) is 0 Å². The number of piperidine rings is 1. The van der Waals surface area contributed by atoms with Crippen LogP contribution in [0.1, 0.15) is 65.2 Å². The molecular weight excluding hydrogens is 340 g/mol. The highest BCUT2D eigenvalue weighted by Gasteiger charge is 2.31. The van der Waals surface area contributed by atoms with E-state index in [4.69, 9.17) is 4.74 Å². The lowest BCUT2D eigenvalue weighted by atomic mass is 9.96. The Hall–Kier alpha value is -0.660. The average Bonchev–Trinajstić information content (AvgIpc) is 3.12. The van der Waals surface area contributed by atoms with Crippen LogP contribution in [-0.2, 0) is 19.6 Å². The molecule has 2 atom stereocenters. The Morgan fingerprint density at radius 2 is 2.00 bits per heavy atom. The summed E-state index contributed by atoms with van der Waals surface area (Å²) in [5, 5.41) is 3.10. The maximum absolute atomic E-state index is 12.4. The van der Waals surface area contributed by atoms with Crippen LogP contribution in [0.2, 0.25) is 0 Å². The van der Waals surface area contributed by atoms with Gasteiger partial charge in [0.05, 0.1) is 11.9 Å². The number of sulfonamides is 1. The summed E-state index contributed by atoms with van der Waals surface area (Å²) in [7, 11) is -3.15. The van der Waals surface area contributed by atoms with Crippen LogP contribution < -0.4 is 5.32 Å². The number of nitrogens with one attached hydrogen (secondary N) is 1. The zero-order valence-corrected chi connectivity index (χ0v) is 16.5. The van der Waals surface area contributed by atoms with Gasteiger partial charge in [0.2, 0.25) is 15.9 Å². The normalized spacial score (nSPS) is 24.3. The van der Waals surface area contributed by atoms with Gasteiger partial charge in [-0.1, -0.05) is 13.3 Å². The van der Waals surface area contributed by atoms with Crippen molar-refractivity contribution in [3.05, 3.63) is 0 Å². The summed E-state index contributed by atoms with van der Waals surface area (Å²) < 4.78 is 31.6. The SMILES string of the molecule is CCCCS(=O)(=O)N1CCC(C(=O)NC(C)CCC2CCCO2)CC1. The zero-order chi connectivity index (χ0) is 18.3. The summed E-state index contributed by atoms with van der Waals surface area (Å²) >= 11 is 0. The fourth-order valence-electron chi connectivity index (χ4n) is 3.59. The van der Waals surface area contributed by atoms with Crippen LogP contribution in [0.5, 0.6) is 0 Å². The second-order valence-corrected chi connectivity index (χ2v) is 9.55. The molecule has 1 amide bonds. The summed E-state index contributed by atoms with van der Waals surface area (Å²) in [5.74, 6) is 0.230. The number of hydrogen-bond donors (Lipinski definition) is 1. The molecule has 2 unspecified atom stereocenters. The third kappa shape index (κ3) is 6.53. The van der Waals surface area contributed by atoms with Crippen molar-refractivity contribution in [2.45, 2.75) is 77.4 Å². The second kappa shape index (κ2) is 9.88. The van der Waals surface area contributed by atoms with Crippen molar-refractivity contribution >= 4 is 15.9 Å². The maximum atomic E-state index is 12.4. The minimum absolute atomic E-state index is 0.0668. The number of carbonyl (C=O) groups excluding carboxylic acids is 1. The van der Waals surface area contributed by atoms with E-state index < -0.39 is 10.0 Å². The van der Waals surface area contributed by atoms with Gasteiger partial charge in [0.15, 0.2) is 0 Å². The van der Waals surface area contributed by atoms with E-state index in [9.17, 15) is 13.2 Å². The molecule has 7 heteroatoms. The molecule has 25 heavy (non-hydrogen) atoms. The molecule has 2 rings (SSSR count). The van der Waals surface area contributed by atoms with Crippen LogP contribution in [0.25, 0.3) is 0 Å². The monoisotopic (exact) mass is 374 g/mol. The van der Waals surface area contributed by atoms with Crippen LogP contribution in [0.15, 0.2) is 0 Å². The molecule has 0 aromatic rings. The standard InChI is InChI=1S/C18H34N2O4S/c1-3-4-14-25(22,23)20-11-9-16(10-12-20)18(21)19-15(2)7-8-17-6-5-13-24-17/h15-17H,3-14H2,1-2H3,(H,19,21). The van der Waals surface area contributed by atoms with Crippen molar-refractivity contribution < 1.29 is 17.9 Å². The Morgan fingerprint density at radius 1 is 1.28 bits per heavy atom. The van der Waals surface area contributed by atoms with E-state index in [0.717, 1.165) is 38.7 Å². The number of amides is 1. The van der Waals surface area contributed by atoms with Gasteiger partial charge in [0.25, 0.3) is 0 Å². The predicted molar refractivity (Wildman–Crippen MR) is 98.8 cm³/mol. The number of nitrogens with zero attached hydrogens (tertiary/aromatic N) is 1. The van der Waals surface area contributed by atoms with Crippen molar-refractivity contribution in [1.82, 2.24) is 9.62 Å². The molecule has 0 saturated carbocycles. The van der Waals surface area contributed by atoms with Gasteiger partial charge in [-0.25, -0.2) is 12.7 Å². The van der Waals surface area contributed by atoms with Gasteiger partial charge in [-0.2, -0.15) is 0 Å². The van der Waals surface area contributed by atoms with Crippen LogP contribution in [0, 0.1) is 5.92 Å². The van der Waals surface area contributed by atoms with Gasteiger partial charge in [-0.05, 0) is 51.9 Å². The van der Waals surface area contributed by atoms with Crippen molar-refractivity contribution in [2.24, 2.45) is 5.92 Å². The zero-order valence-electron chi connectivity index (χ0n) is 15.7. The van der Waals surface area contributed by atoms with Gasteiger partial charge in [0.1, 0.15) is 0 Å². The molecule has 2 aliphatic heterocycles. The fraction of sp³-hybridized carbons (Fsp3) is 0.944. The van der Waals surface area contributed by atoms with Crippen LogP contribution >= 0.6 is 0 Å². The van der Waals surface area contributed by atoms with E-state index in [1.165, 1.54) is 0 Å². The molecular formula is C18H34N2O4S. The van der Waals surface area contributed by atoms with Crippen molar-refractivity contribution in [2.75, 3.05) is 25.4 Å². The number of rotatable bonds is 9. The lowest BCUT2D eigenvalue weighted by Gasteiger charge is -2.31. The largest absolute Gasteiger partial charge is 0.378 e. The van der Waals surface area contributed by atoms with E-state index in [-0.39, 0.29) is 23.6 Å². The van der Waals surface area contributed by atoms with Crippen LogP contribution in [0.3, 0.4) is 0 Å². The third-order valence-electron chi connectivity index (χ3n) is 5.31. The average molecular weight is 375 g/mol. The van der Waals surface area contributed by atoms with Crippen molar-refractivity contribution in [1.29, 1.82) is 0 Å². The third-order valence-corrected chi connectivity index (χ3v) is 7.26. The van der Waals surface area contributed by atoms with Crippen molar-refractivity contribution in [3.63, 3.8) is 0 Å². The van der Waals surface area contributed by atoms with Gasteiger partial charge >= 0.3 is 0 Å². The summed E-state index contributed by atoms with van der Waals surface area (Å²) in [6, 6.07) is 0.142. The summed E-state index contributed by atoms with van der Waals surface area (Å²) in [6.07, 6.45) is 7.38. The molecule has 6 nitrogen and oxygen atoms in total. The molecule has 0 spiro atoms. The van der Waals surface area contributed by atoms with E-state index in [0.29, 0.717) is 38.5 Å². The smallest absolute Gasteiger partial charge is 0.223 e. The molecule has 0 bridgehead atoms. The molecule has 2 fully saturated rings. The lowest BCUT2D eigenvalue weighted by Crippen LogP contribution is -2.45. The first-order valence-electron chi connectivity index (χ1n) is 9.82. The number of unbranched alkanes of at least 4 members (excludes halogenated alkanes) is 1. The molecule has 2 heterocycles. The predicted octanol–water partition coefficient (Wildman–Crippen LogP) is 2.29. The van der Waals surface area contributed by atoms with Gasteiger partial charge < -0.3 is 10.1 Å². The summed E-state index contributed by atoms with van der Waals surface area (Å²) in [4.78, 5) is 12.4. The van der Waals surface area contributed by atoms with Gasteiger partial charge in [0, 0.05) is 31.7 Å². The first-order chi connectivity index (χ1) is 11.9. The Kier molecular flexibility index (Phi) is 8.16. The second-order valence-electron chi connectivity index (χ2n) is 7.46. The molecule has 2 aliphatic rings. The summed E-state index contributed by atoms with van der Waals surface area (Å²) in [6.45, 7) is 5.83. The fourth-order valence-corrected chi connectivity index (χ4v) is 5.27. The van der Waals surface area contributed by atoms with E-state index in [1.807, 2.05) is 13.8 Å². The highest BCUT2D eigenvalue weighted by Crippen LogP contribution is 2.22. The summed E-state index contributed by atoms with van der Waals surface area (Å²) in [5.41, 5.74) is 0. The lowest BCUT2D eigenvalue weighted by molar-refractivity contribution is -0.126. The maximum Gasteiger partial charge on any atom is 0.223 e. The topological polar surface area (TPSA) is 75.7 Å². The minimum atomic E-state index is -3.15. The quantitative estimate of drug-likeness (QED) is 0.672. The molecule has 0 aromatic carbocycles. The van der Waals surface area contributed by atoms with E-state index in [2.05, 4.69) is 5.32 Å². The molecule has 1 N–H and O–H groups in total. The molecule has 2 saturated heterocycles. The Bertz CT molecular complexity index is 509. The first-order valence-corrected chi connectivity index (χ1v) is 11.4. The van der Waals surface area contributed by atoms with Crippen LogP contribution in [0.4, 0.5) is 0 Å². The van der Waals surface area contributed by atoms with Gasteiger partial charge in [-0.3, -0.25) is 4.79 Å². The minimum Gasteiger partial charge on any atom is -0.378 e.